The monoisotopic (exact) mass is 210 g/mol. The Balaban J connectivity index is 1.95. The van der Waals surface area contributed by atoms with Crippen LogP contribution in [0, 0.1) is 0 Å². The molecule has 0 saturated carbocycles. The van der Waals surface area contributed by atoms with Crippen LogP contribution in [0.4, 0.5) is 0 Å². The van der Waals surface area contributed by atoms with Gasteiger partial charge in [-0.1, -0.05) is 6.42 Å². The minimum atomic E-state index is -0.470. The molecule has 2 aliphatic rings. The molecule has 0 aliphatic carbocycles. The SMILES string of the molecule is CN1C2CCCC1CC(NC(=O)C=O)C2. The highest BCUT2D eigenvalue weighted by atomic mass is 16.2. The molecule has 0 aromatic heterocycles. The first-order chi connectivity index (χ1) is 7.20. The van der Waals surface area contributed by atoms with Gasteiger partial charge in [0, 0.05) is 18.1 Å². The van der Waals surface area contributed by atoms with Gasteiger partial charge in [0.2, 0.25) is 6.29 Å². The Hall–Kier alpha value is -0.900. The van der Waals surface area contributed by atoms with Gasteiger partial charge in [-0.3, -0.25) is 9.59 Å². The van der Waals surface area contributed by atoms with E-state index in [2.05, 4.69) is 17.3 Å². The summed E-state index contributed by atoms with van der Waals surface area (Å²) >= 11 is 0. The summed E-state index contributed by atoms with van der Waals surface area (Å²) in [5, 5.41) is 2.78. The zero-order valence-corrected chi connectivity index (χ0v) is 9.11. The third-order valence-electron chi connectivity index (χ3n) is 3.79. The zero-order valence-electron chi connectivity index (χ0n) is 9.11. The summed E-state index contributed by atoms with van der Waals surface area (Å²) in [4.78, 5) is 23.7. The highest BCUT2D eigenvalue weighted by Gasteiger charge is 2.36. The highest BCUT2D eigenvalue weighted by molar-refractivity contribution is 6.23. The van der Waals surface area contributed by atoms with Gasteiger partial charge in [-0.15, -0.1) is 0 Å². The van der Waals surface area contributed by atoms with Crippen LogP contribution in [0.25, 0.3) is 0 Å². The number of hydrogen-bond acceptors (Lipinski definition) is 3. The summed E-state index contributed by atoms with van der Waals surface area (Å²) in [7, 11) is 2.17. The van der Waals surface area contributed by atoms with Crippen molar-refractivity contribution < 1.29 is 9.59 Å². The third-order valence-corrected chi connectivity index (χ3v) is 3.79. The van der Waals surface area contributed by atoms with Gasteiger partial charge in [-0.25, -0.2) is 0 Å². The summed E-state index contributed by atoms with van der Waals surface area (Å²) in [6, 6.07) is 1.39. The number of amides is 1. The Morgan fingerprint density at radius 2 is 1.93 bits per heavy atom. The Morgan fingerprint density at radius 1 is 1.33 bits per heavy atom. The van der Waals surface area contributed by atoms with Crippen molar-refractivity contribution in [3.63, 3.8) is 0 Å². The maximum absolute atomic E-state index is 11.0. The molecule has 0 aromatic rings. The second kappa shape index (κ2) is 4.31. The number of nitrogens with zero attached hydrogens (tertiary/aromatic N) is 1. The lowest BCUT2D eigenvalue weighted by molar-refractivity contribution is -0.132. The second-order valence-electron chi connectivity index (χ2n) is 4.70. The van der Waals surface area contributed by atoms with Gasteiger partial charge in [-0.05, 0) is 32.7 Å². The Kier molecular flexibility index (Phi) is 3.05. The summed E-state index contributed by atoms with van der Waals surface area (Å²) in [6.07, 6.45) is 6.10. The van der Waals surface area contributed by atoms with E-state index in [4.69, 9.17) is 0 Å². The largest absolute Gasteiger partial charge is 0.347 e. The van der Waals surface area contributed by atoms with Crippen molar-refractivity contribution >= 4 is 12.2 Å². The van der Waals surface area contributed by atoms with E-state index < -0.39 is 5.91 Å². The van der Waals surface area contributed by atoms with Crippen molar-refractivity contribution in [2.75, 3.05) is 7.05 Å². The normalized spacial score (nSPS) is 35.9. The molecular formula is C11H18N2O2. The van der Waals surface area contributed by atoms with E-state index in [1.807, 2.05) is 0 Å². The molecule has 2 heterocycles. The molecule has 1 amide bonds. The standard InChI is InChI=1S/C11H18N2O2/c1-13-9-3-2-4-10(13)6-8(5-9)12-11(15)7-14/h7-10H,2-6H2,1H3,(H,12,15). The average molecular weight is 210 g/mol. The number of aldehydes is 1. The summed E-state index contributed by atoms with van der Waals surface area (Å²) in [5.74, 6) is -0.470. The third kappa shape index (κ3) is 2.20. The van der Waals surface area contributed by atoms with Gasteiger partial charge in [0.15, 0.2) is 0 Å². The predicted octanol–water partition coefficient (Wildman–Crippen LogP) is 0.317. The average Bonchev–Trinajstić information content (AvgIpc) is 2.19. The molecule has 2 saturated heterocycles. The summed E-state index contributed by atoms with van der Waals surface area (Å²) < 4.78 is 0. The van der Waals surface area contributed by atoms with Crippen LogP contribution >= 0.6 is 0 Å². The van der Waals surface area contributed by atoms with Crippen LogP contribution < -0.4 is 5.32 Å². The summed E-state index contributed by atoms with van der Waals surface area (Å²) in [6.45, 7) is 0. The molecule has 1 N–H and O–H groups in total. The van der Waals surface area contributed by atoms with Crippen LogP contribution in [-0.4, -0.2) is 42.3 Å². The van der Waals surface area contributed by atoms with Crippen molar-refractivity contribution in [3.05, 3.63) is 0 Å². The molecular weight excluding hydrogens is 192 g/mol. The van der Waals surface area contributed by atoms with E-state index in [0.29, 0.717) is 18.4 Å². The van der Waals surface area contributed by atoms with E-state index in [1.54, 1.807) is 0 Å². The van der Waals surface area contributed by atoms with Gasteiger partial charge in [-0.2, -0.15) is 0 Å². The fourth-order valence-electron chi connectivity index (χ4n) is 2.97. The molecule has 2 rings (SSSR count). The van der Waals surface area contributed by atoms with Crippen LogP contribution in [-0.2, 0) is 9.59 Å². The molecule has 2 aliphatic heterocycles. The number of piperidine rings is 2. The molecule has 0 spiro atoms. The molecule has 4 heteroatoms. The van der Waals surface area contributed by atoms with Gasteiger partial charge < -0.3 is 10.2 Å². The number of hydrogen-bond donors (Lipinski definition) is 1. The molecule has 2 unspecified atom stereocenters. The van der Waals surface area contributed by atoms with Crippen LogP contribution in [0.2, 0.25) is 0 Å². The zero-order chi connectivity index (χ0) is 10.8. The van der Waals surface area contributed by atoms with Crippen LogP contribution in [0.15, 0.2) is 0 Å². The van der Waals surface area contributed by atoms with Crippen molar-refractivity contribution in [1.82, 2.24) is 10.2 Å². The van der Waals surface area contributed by atoms with E-state index in [0.717, 1.165) is 12.8 Å². The number of carbonyl (C=O) groups is 2. The number of carbonyl (C=O) groups excluding carboxylic acids is 2. The minimum Gasteiger partial charge on any atom is -0.347 e. The Bertz CT molecular complexity index is 253. The van der Waals surface area contributed by atoms with E-state index >= 15 is 0 Å². The minimum absolute atomic E-state index is 0.203. The number of nitrogens with one attached hydrogen (secondary N) is 1. The topological polar surface area (TPSA) is 49.4 Å². The van der Waals surface area contributed by atoms with Crippen molar-refractivity contribution in [3.8, 4) is 0 Å². The molecule has 4 nitrogen and oxygen atoms in total. The highest BCUT2D eigenvalue weighted by Crippen LogP contribution is 2.32. The lowest BCUT2D eigenvalue weighted by atomic mass is 9.82. The smallest absolute Gasteiger partial charge is 0.284 e. The quantitative estimate of drug-likeness (QED) is 0.527. The lowest BCUT2D eigenvalue weighted by Gasteiger charge is -2.47. The molecule has 2 fully saturated rings. The second-order valence-corrected chi connectivity index (χ2v) is 4.70. The van der Waals surface area contributed by atoms with E-state index in [1.165, 1.54) is 19.3 Å². The van der Waals surface area contributed by atoms with Crippen LogP contribution in [0.1, 0.15) is 32.1 Å². The van der Waals surface area contributed by atoms with Crippen molar-refractivity contribution in [2.45, 2.75) is 50.2 Å². The molecule has 0 radical (unpaired) electrons. The van der Waals surface area contributed by atoms with Gasteiger partial charge in [0.05, 0.1) is 0 Å². The first-order valence-corrected chi connectivity index (χ1v) is 5.68. The van der Waals surface area contributed by atoms with Gasteiger partial charge in [0.25, 0.3) is 5.91 Å². The number of fused-ring (bicyclic) bond motifs is 2. The lowest BCUT2D eigenvalue weighted by Crippen LogP contribution is -2.55. The van der Waals surface area contributed by atoms with Crippen molar-refractivity contribution in [1.29, 1.82) is 0 Å². The van der Waals surface area contributed by atoms with Crippen LogP contribution in [0.3, 0.4) is 0 Å². The first-order valence-electron chi connectivity index (χ1n) is 5.68. The predicted molar refractivity (Wildman–Crippen MR) is 56.4 cm³/mol. The van der Waals surface area contributed by atoms with E-state index in [-0.39, 0.29) is 6.04 Å². The maximum atomic E-state index is 11.0. The van der Waals surface area contributed by atoms with Crippen molar-refractivity contribution in [2.24, 2.45) is 0 Å². The number of rotatable bonds is 2. The Morgan fingerprint density at radius 3 is 2.47 bits per heavy atom. The summed E-state index contributed by atoms with van der Waals surface area (Å²) in [5.41, 5.74) is 0. The van der Waals surface area contributed by atoms with E-state index in [9.17, 15) is 9.59 Å². The Labute approximate surface area is 90.0 Å². The first kappa shape index (κ1) is 10.6. The molecule has 84 valence electrons. The maximum Gasteiger partial charge on any atom is 0.284 e. The van der Waals surface area contributed by atoms with Gasteiger partial charge >= 0.3 is 0 Å². The van der Waals surface area contributed by atoms with Gasteiger partial charge in [0.1, 0.15) is 0 Å². The van der Waals surface area contributed by atoms with Crippen LogP contribution in [0.5, 0.6) is 0 Å². The fourth-order valence-corrected chi connectivity index (χ4v) is 2.97. The molecule has 0 aromatic carbocycles. The molecule has 2 bridgehead atoms. The molecule has 15 heavy (non-hydrogen) atoms. The fraction of sp³-hybridized carbons (Fsp3) is 0.818. The molecule has 2 atom stereocenters.